The Kier molecular flexibility index (Phi) is 6.14. The Bertz CT molecular complexity index is 1120. The fraction of sp³-hybridized carbons (Fsp3) is 0.136. The van der Waals surface area contributed by atoms with E-state index < -0.39 is 0 Å². The Morgan fingerprint density at radius 3 is 2.59 bits per heavy atom. The Hall–Kier alpha value is -3.38. The van der Waals surface area contributed by atoms with Crippen LogP contribution in [0.2, 0.25) is 0 Å². The third-order valence-corrected chi connectivity index (χ3v) is 4.37. The standard InChI is InChI=1S/C22H20N4O2.ClH/c1-3-23-22(27)18-12-11-16(14-24-18)20-15(2)25-21-19(10-7-13-26(20)21)28-17-8-5-4-6-9-17;/h4-14H,3H2,1-2H3,(H,23,27);1H. The molecule has 4 aromatic rings. The van der Waals surface area contributed by atoms with Crippen molar-refractivity contribution < 1.29 is 9.53 Å². The number of carbonyl (C=O) groups is 1. The Morgan fingerprint density at radius 2 is 1.90 bits per heavy atom. The zero-order chi connectivity index (χ0) is 19.5. The van der Waals surface area contributed by atoms with Crippen LogP contribution in [0.5, 0.6) is 11.5 Å². The van der Waals surface area contributed by atoms with E-state index in [0.29, 0.717) is 18.0 Å². The van der Waals surface area contributed by atoms with Gasteiger partial charge in [-0.1, -0.05) is 18.2 Å². The lowest BCUT2D eigenvalue weighted by atomic mass is 10.1. The minimum absolute atomic E-state index is 0. The first-order chi connectivity index (χ1) is 13.7. The van der Waals surface area contributed by atoms with Crippen LogP contribution >= 0.6 is 12.4 Å². The number of pyridine rings is 2. The van der Waals surface area contributed by atoms with Gasteiger partial charge in [0.05, 0.1) is 11.4 Å². The van der Waals surface area contributed by atoms with Crippen molar-refractivity contribution in [2.24, 2.45) is 0 Å². The van der Waals surface area contributed by atoms with Crippen molar-refractivity contribution in [1.82, 2.24) is 19.7 Å². The third kappa shape index (κ3) is 4.07. The van der Waals surface area contributed by atoms with Crippen molar-refractivity contribution in [3.63, 3.8) is 0 Å². The van der Waals surface area contributed by atoms with Gasteiger partial charge in [0.2, 0.25) is 0 Å². The van der Waals surface area contributed by atoms with E-state index in [1.54, 1.807) is 12.3 Å². The number of carbonyl (C=O) groups excluding carboxylic acids is 1. The molecule has 29 heavy (non-hydrogen) atoms. The summed E-state index contributed by atoms with van der Waals surface area (Å²) in [5.41, 5.74) is 3.78. The van der Waals surface area contributed by atoms with Gasteiger partial charge >= 0.3 is 0 Å². The molecule has 0 fully saturated rings. The molecular weight excluding hydrogens is 388 g/mol. The van der Waals surface area contributed by atoms with Crippen LogP contribution in [0.4, 0.5) is 0 Å². The number of nitrogens with zero attached hydrogens (tertiary/aromatic N) is 3. The Morgan fingerprint density at radius 1 is 1.10 bits per heavy atom. The Labute approximate surface area is 175 Å². The highest BCUT2D eigenvalue weighted by molar-refractivity contribution is 5.92. The molecule has 7 heteroatoms. The SMILES string of the molecule is CCNC(=O)c1ccc(-c2c(C)nc3c(Oc4ccccc4)cccn23)cn1.Cl. The normalized spacial score (nSPS) is 10.4. The van der Waals surface area contributed by atoms with Crippen LogP contribution in [-0.4, -0.2) is 26.8 Å². The van der Waals surface area contributed by atoms with Gasteiger partial charge in [0.15, 0.2) is 11.4 Å². The van der Waals surface area contributed by atoms with Crippen LogP contribution in [0, 0.1) is 6.92 Å². The van der Waals surface area contributed by atoms with Gasteiger partial charge in [-0.15, -0.1) is 12.4 Å². The van der Waals surface area contributed by atoms with Crippen LogP contribution in [0.25, 0.3) is 16.9 Å². The summed E-state index contributed by atoms with van der Waals surface area (Å²) in [6.07, 6.45) is 3.64. The number of hydrogen-bond acceptors (Lipinski definition) is 4. The minimum atomic E-state index is -0.178. The summed E-state index contributed by atoms with van der Waals surface area (Å²) in [6, 6.07) is 17.1. The molecule has 0 saturated heterocycles. The van der Waals surface area contributed by atoms with Gasteiger partial charge in [-0.2, -0.15) is 0 Å². The van der Waals surface area contributed by atoms with E-state index in [2.05, 4.69) is 10.3 Å². The molecule has 0 aliphatic heterocycles. The number of fused-ring (bicyclic) bond motifs is 1. The average Bonchev–Trinajstić information content (AvgIpc) is 3.06. The summed E-state index contributed by atoms with van der Waals surface area (Å²) in [4.78, 5) is 20.9. The quantitative estimate of drug-likeness (QED) is 0.521. The zero-order valence-corrected chi connectivity index (χ0v) is 16.9. The van der Waals surface area contributed by atoms with Crippen LogP contribution in [0.3, 0.4) is 0 Å². The number of halogens is 1. The summed E-state index contributed by atoms with van der Waals surface area (Å²) in [6.45, 7) is 4.40. The summed E-state index contributed by atoms with van der Waals surface area (Å²) < 4.78 is 8.00. The van der Waals surface area contributed by atoms with Crippen molar-refractivity contribution in [3.8, 4) is 22.8 Å². The number of aromatic nitrogens is 3. The first-order valence-corrected chi connectivity index (χ1v) is 9.12. The molecule has 0 radical (unpaired) electrons. The van der Waals surface area contributed by atoms with Crippen molar-refractivity contribution in [2.45, 2.75) is 13.8 Å². The number of para-hydroxylation sites is 1. The molecule has 0 aliphatic carbocycles. The molecule has 0 saturated carbocycles. The summed E-state index contributed by atoms with van der Waals surface area (Å²) in [5.74, 6) is 1.25. The molecule has 1 amide bonds. The molecule has 1 aromatic carbocycles. The van der Waals surface area contributed by atoms with E-state index in [9.17, 15) is 4.79 Å². The van der Waals surface area contributed by atoms with Gasteiger partial charge in [-0.3, -0.25) is 14.2 Å². The maximum Gasteiger partial charge on any atom is 0.269 e. The lowest BCUT2D eigenvalue weighted by molar-refractivity contribution is 0.0951. The van der Waals surface area contributed by atoms with E-state index in [-0.39, 0.29) is 18.3 Å². The second-order valence-electron chi connectivity index (χ2n) is 6.32. The first-order valence-electron chi connectivity index (χ1n) is 9.12. The lowest BCUT2D eigenvalue weighted by Crippen LogP contribution is -2.23. The van der Waals surface area contributed by atoms with Crippen molar-refractivity contribution in [2.75, 3.05) is 6.54 Å². The van der Waals surface area contributed by atoms with Crippen molar-refractivity contribution >= 4 is 24.0 Å². The maximum absolute atomic E-state index is 11.9. The number of hydrogen-bond donors (Lipinski definition) is 1. The average molecular weight is 409 g/mol. The molecule has 0 aliphatic rings. The smallest absolute Gasteiger partial charge is 0.269 e. The van der Waals surface area contributed by atoms with Gasteiger partial charge in [0, 0.05) is 24.5 Å². The van der Waals surface area contributed by atoms with E-state index in [1.165, 1.54) is 0 Å². The highest BCUT2D eigenvalue weighted by atomic mass is 35.5. The molecular formula is C22H21ClN4O2. The number of amides is 1. The fourth-order valence-corrected chi connectivity index (χ4v) is 3.12. The van der Waals surface area contributed by atoms with Gasteiger partial charge < -0.3 is 10.1 Å². The van der Waals surface area contributed by atoms with Crippen LogP contribution in [-0.2, 0) is 0 Å². The molecule has 1 N–H and O–H groups in total. The van der Waals surface area contributed by atoms with Crippen LogP contribution in [0.1, 0.15) is 23.1 Å². The second-order valence-corrected chi connectivity index (χ2v) is 6.32. The number of ether oxygens (including phenoxy) is 1. The lowest BCUT2D eigenvalue weighted by Gasteiger charge is -2.08. The number of imidazole rings is 1. The van der Waals surface area contributed by atoms with E-state index in [4.69, 9.17) is 9.72 Å². The maximum atomic E-state index is 11.9. The monoisotopic (exact) mass is 408 g/mol. The molecule has 0 bridgehead atoms. The molecule has 0 unspecified atom stereocenters. The molecule has 0 spiro atoms. The topological polar surface area (TPSA) is 68.5 Å². The van der Waals surface area contributed by atoms with Crippen LogP contribution in [0.15, 0.2) is 67.0 Å². The molecule has 148 valence electrons. The zero-order valence-electron chi connectivity index (χ0n) is 16.1. The molecule has 3 aromatic heterocycles. The van der Waals surface area contributed by atoms with Gasteiger partial charge in [-0.05, 0) is 50.2 Å². The van der Waals surface area contributed by atoms with E-state index in [0.717, 1.165) is 28.3 Å². The third-order valence-electron chi connectivity index (χ3n) is 4.37. The second kappa shape index (κ2) is 8.75. The number of rotatable bonds is 5. The largest absolute Gasteiger partial charge is 0.453 e. The highest BCUT2D eigenvalue weighted by Crippen LogP contribution is 2.31. The number of benzene rings is 1. The molecule has 3 heterocycles. The van der Waals surface area contributed by atoms with Gasteiger partial charge in [0.25, 0.3) is 5.91 Å². The minimum Gasteiger partial charge on any atom is -0.453 e. The predicted octanol–water partition coefficient (Wildman–Crippen LogP) is 4.67. The summed E-state index contributed by atoms with van der Waals surface area (Å²) in [5, 5.41) is 2.75. The van der Waals surface area contributed by atoms with Gasteiger partial charge in [-0.25, -0.2) is 4.98 Å². The van der Waals surface area contributed by atoms with Crippen molar-refractivity contribution in [3.05, 3.63) is 78.4 Å². The van der Waals surface area contributed by atoms with E-state index in [1.807, 2.05) is 73.0 Å². The molecule has 6 nitrogen and oxygen atoms in total. The fourth-order valence-electron chi connectivity index (χ4n) is 3.12. The summed E-state index contributed by atoms with van der Waals surface area (Å²) >= 11 is 0. The van der Waals surface area contributed by atoms with E-state index >= 15 is 0 Å². The first kappa shape index (κ1) is 20.4. The number of aryl methyl sites for hydroxylation is 1. The van der Waals surface area contributed by atoms with Crippen LogP contribution < -0.4 is 10.1 Å². The van der Waals surface area contributed by atoms with Crippen molar-refractivity contribution in [1.29, 1.82) is 0 Å². The number of nitrogens with one attached hydrogen (secondary N) is 1. The molecule has 0 atom stereocenters. The highest BCUT2D eigenvalue weighted by Gasteiger charge is 2.16. The Balaban J connectivity index is 0.00000240. The van der Waals surface area contributed by atoms with Gasteiger partial charge in [0.1, 0.15) is 11.4 Å². The summed E-state index contributed by atoms with van der Waals surface area (Å²) in [7, 11) is 0. The molecule has 4 rings (SSSR count). The predicted molar refractivity (Wildman–Crippen MR) is 115 cm³/mol.